The summed E-state index contributed by atoms with van der Waals surface area (Å²) in [6.07, 6.45) is 4.30. The summed E-state index contributed by atoms with van der Waals surface area (Å²) in [7, 11) is 0. The second-order valence-electron chi connectivity index (χ2n) is 4.56. The van der Waals surface area contributed by atoms with Gasteiger partial charge in [0.2, 0.25) is 5.91 Å². The number of nitrogens with one attached hydrogen (secondary N) is 2. The van der Waals surface area contributed by atoms with Crippen LogP contribution < -0.4 is 10.6 Å². The van der Waals surface area contributed by atoms with E-state index in [1.807, 2.05) is 0 Å². The molecule has 0 atom stereocenters. The van der Waals surface area contributed by atoms with Crippen molar-refractivity contribution in [2.24, 2.45) is 0 Å². The first-order chi connectivity index (χ1) is 7.29. The normalized spacial score (nSPS) is 25.8. The van der Waals surface area contributed by atoms with Crippen molar-refractivity contribution in [3.8, 4) is 0 Å². The van der Waals surface area contributed by atoms with Gasteiger partial charge in [0.1, 0.15) is 5.54 Å². The highest BCUT2D eigenvalue weighted by Gasteiger charge is 2.48. The van der Waals surface area contributed by atoms with E-state index in [1.165, 1.54) is 12.8 Å². The third-order valence-corrected chi connectivity index (χ3v) is 3.67. The number of nitrogens with zero attached hydrogens (tertiary/aromatic N) is 1. The second-order valence-corrected chi connectivity index (χ2v) is 4.56. The molecule has 2 fully saturated rings. The first-order valence-electron chi connectivity index (χ1n) is 6.04. The van der Waals surface area contributed by atoms with Crippen molar-refractivity contribution in [2.45, 2.75) is 38.1 Å². The van der Waals surface area contributed by atoms with Gasteiger partial charge in [-0.15, -0.1) is 0 Å². The number of carbonyl (C=O) groups excluding carboxylic acids is 1. The predicted octanol–water partition coefficient (Wildman–Crippen LogP) is 0.298. The fourth-order valence-corrected chi connectivity index (χ4v) is 2.65. The van der Waals surface area contributed by atoms with Gasteiger partial charge in [-0.05, 0) is 32.4 Å². The van der Waals surface area contributed by atoms with Gasteiger partial charge in [0.25, 0.3) is 0 Å². The lowest BCUT2D eigenvalue weighted by atomic mass is 9.87. The Morgan fingerprint density at radius 3 is 2.80 bits per heavy atom. The highest BCUT2D eigenvalue weighted by Crippen LogP contribution is 2.30. The van der Waals surface area contributed by atoms with Crippen LogP contribution in [0.15, 0.2) is 0 Å². The van der Waals surface area contributed by atoms with E-state index in [0.29, 0.717) is 0 Å². The summed E-state index contributed by atoms with van der Waals surface area (Å²) >= 11 is 0. The molecule has 0 aromatic heterocycles. The fraction of sp³-hybridized carbons (Fsp3) is 0.909. The zero-order valence-corrected chi connectivity index (χ0v) is 9.51. The molecule has 15 heavy (non-hydrogen) atoms. The lowest BCUT2D eigenvalue weighted by Gasteiger charge is -2.38. The average Bonchev–Trinajstić information content (AvgIpc) is 2.56. The fourth-order valence-electron chi connectivity index (χ4n) is 2.65. The number of amides is 1. The maximum atomic E-state index is 11.9. The number of hydrogen-bond acceptors (Lipinski definition) is 3. The molecular formula is C11H21N3O. The van der Waals surface area contributed by atoms with E-state index in [9.17, 15) is 4.79 Å². The van der Waals surface area contributed by atoms with Crippen LogP contribution in [0.25, 0.3) is 0 Å². The summed E-state index contributed by atoms with van der Waals surface area (Å²) in [6.45, 7) is 5.93. The first-order valence-corrected chi connectivity index (χ1v) is 6.04. The van der Waals surface area contributed by atoms with Crippen LogP contribution in [0, 0.1) is 0 Å². The van der Waals surface area contributed by atoms with Gasteiger partial charge in [0.15, 0.2) is 0 Å². The smallest absolute Gasteiger partial charge is 0.241 e. The first kappa shape index (κ1) is 10.9. The molecule has 1 spiro atoms. The Hall–Kier alpha value is -0.610. The zero-order valence-electron chi connectivity index (χ0n) is 9.51. The molecule has 2 N–H and O–H groups in total. The van der Waals surface area contributed by atoms with E-state index in [0.717, 1.165) is 39.1 Å². The Labute approximate surface area is 91.4 Å². The number of carbonyl (C=O) groups is 1. The number of hydrogen-bond donors (Lipinski definition) is 2. The van der Waals surface area contributed by atoms with Gasteiger partial charge in [-0.25, -0.2) is 0 Å². The molecule has 1 amide bonds. The van der Waals surface area contributed by atoms with Gasteiger partial charge in [0, 0.05) is 6.54 Å². The van der Waals surface area contributed by atoms with Crippen molar-refractivity contribution in [1.29, 1.82) is 0 Å². The van der Waals surface area contributed by atoms with E-state index in [2.05, 4.69) is 22.5 Å². The van der Waals surface area contributed by atoms with E-state index >= 15 is 0 Å². The highest BCUT2D eigenvalue weighted by molar-refractivity contribution is 5.88. The lowest BCUT2D eigenvalue weighted by molar-refractivity contribution is -0.128. The summed E-state index contributed by atoms with van der Waals surface area (Å²) in [4.78, 5) is 14.3. The molecule has 2 saturated heterocycles. The van der Waals surface area contributed by atoms with Gasteiger partial charge >= 0.3 is 0 Å². The zero-order chi connectivity index (χ0) is 10.7. The quantitative estimate of drug-likeness (QED) is 0.705. The highest BCUT2D eigenvalue weighted by atomic mass is 16.2. The van der Waals surface area contributed by atoms with Crippen LogP contribution in [-0.2, 0) is 4.79 Å². The van der Waals surface area contributed by atoms with Crippen molar-refractivity contribution in [3.63, 3.8) is 0 Å². The molecule has 0 aromatic carbocycles. The van der Waals surface area contributed by atoms with Crippen LogP contribution >= 0.6 is 0 Å². The number of unbranched alkanes of at least 4 members (excludes halogenated alkanes) is 1. The molecule has 0 aliphatic carbocycles. The van der Waals surface area contributed by atoms with Gasteiger partial charge in [-0.1, -0.05) is 13.3 Å². The van der Waals surface area contributed by atoms with Crippen LogP contribution in [0.5, 0.6) is 0 Å². The second kappa shape index (κ2) is 4.49. The van der Waals surface area contributed by atoms with Crippen molar-refractivity contribution in [3.05, 3.63) is 0 Å². The third-order valence-electron chi connectivity index (χ3n) is 3.67. The average molecular weight is 211 g/mol. The molecule has 4 heteroatoms. The molecule has 86 valence electrons. The van der Waals surface area contributed by atoms with Gasteiger partial charge < -0.3 is 10.6 Å². The Balaban J connectivity index is 2.06. The standard InChI is InChI=1S/C11H21N3O/c1-2-3-8-14-9-13-10(15)11(14)4-6-12-7-5-11/h12H,2-9H2,1H3,(H,13,15). The van der Waals surface area contributed by atoms with Crippen LogP contribution in [0.2, 0.25) is 0 Å². The Morgan fingerprint density at radius 1 is 1.40 bits per heavy atom. The summed E-state index contributed by atoms with van der Waals surface area (Å²) < 4.78 is 0. The maximum absolute atomic E-state index is 11.9. The summed E-state index contributed by atoms with van der Waals surface area (Å²) in [5.41, 5.74) is -0.180. The van der Waals surface area contributed by atoms with Gasteiger partial charge in [0.05, 0.1) is 6.67 Å². The SMILES string of the molecule is CCCCN1CNC(=O)C12CCNCC2. The van der Waals surface area contributed by atoms with Crippen LogP contribution in [-0.4, -0.2) is 42.6 Å². The lowest BCUT2D eigenvalue weighted by Crippen LogP contribution is -2.55. The topological polar surface area (TPSA) is 44.4 Å². The molecule has 0 bridgehead atoms. The monoisotopic (exact) mass is 211 g/mol. The Kier molecular flexibility index (Phi) is 3.26. The molecule has 2 aliphatic heterocycles. The molecule has 4 nitrogen and oxygen atoms in total. The maximum Gasteiger partial charge on any atom is 0.241 e. The van der Waals surface area contributed by atoms with E-state index in [-0.39, 0.29) is 11.4 Å². The molecule has 0 aromatic rings. The van der Waals surface area contributed by atoms with E-state index in [1.54, 1.807) is 0 Å². The number of rotatable bonds is 3. The van der Waals surface area contributed by atoms with Crippen molar-refractivity contribution in [1.82, 2.24) is 15.5 Å². The van der Waals surface area contributed by atoms with Crippen molar-refractivity contribution < 1.29 is 4.79 Å². The van der Waals surface area contributed by atoms with E-state index in [4.69, 9.17) is 0 Å². The summed E-state index contributed by atoms with van der Waals surface area (Å²) in [5, 5.41) is 6.32. The molecule has 2 heterocycles. The van der Waals surface area contributed by atoms with Crippen LogP contribution in [0.3, 0.4) is 0 Å². The molecule has 2 rings (SSSR count). The van der Waals surface area contributed by atoms with Gasteiger partial charge in [-0.2, -0.15) is 0 Å². The molecule has 0 unspecified atom stereocenters. The molecule has 2 aliphatic rings. The third kappa shape index (κ3) is 1.88. The minimum Gasteiger partial charge on any atom is -0.342 e. The van der Waals surface area contributed by atoms with Crippen molar-refractivity contribution >= 4 is 5.91 Å². The minimum absolute atomic E-state index is 0.180. The molecule has 0 radical (unpaired) electrons. The molecular weight excluding hydrogens is 190 g/mol. The Morgan fingerprint density at radius 2 is 2.13 bits per heavy atom. The summed E-state index contributed by atoms with van der Waals surface area (Å²) in [6, 6.07) is 0. The van der Waals surface area contributed by atoms with E-state index < -0.39 is 0 Å². The van der Waals surface area contributed by atoms with Crippen LogP contribution in [0.4, 0.5) is 0 Å². The molecule has 0 saturated carbocycles. The number of piperidine rings is 1. The largest absolute Gasteiger partial charge is 0.342 e. The van der Waals surface area contributed by atoms with Crippen LogP contribution in [0.1, 0.15) is 32.6 Å². The van der Waals surface area contributed by atoms with Gasteiger partial charge in [-0.3, -0.25) is 9.69 Å². The minimum atomic E-state index is -0.180. The Bertz CT molecular complexity index is 236. The summed E-state index contributed by atoms with van der Waals surface area (Å²) in [5.74, 6) is 0.250. The predicted molar refractivity (Wildman–Crippen MR) is 59.5 cm³/mol. The van der Waals surface area contributed by atoms with Crippen molar-refractivity contribution in [2.75, 3.05) is 26.3 Å².